The third-order valence-electron chi connectivity index (χ3n) is 3.69. The zero-order chi connectivity index (χ0) is 17.7. The van der Waals surface area contributed by atoms with Gasteiger partial charge in [-0.2, -0.15) is 0 Å². The molecule has 0 aliphatic rings. The van der Waals surface area contributed by atoms with E-state index in [2.05, 4.69) is 10.6 Å². The molecule has 0 aliphatic carbocycles. The molecule has 2 atom stereocenters. The number of methoxy groups -OCH3 is 1. The molecule has 0 aromatic heterocycles. The molecular weight excluding hydrogens is 314 g/mol. The first kappa shape index (κ1) is 17.9. The van der Waals surface area contributed by atoms with Gasteiger partial charge in [0.05, 0.1) is 18.8 Å². The number of nitrogens with one attached hydrogen (secondary N) is 2. The van der Waals surface area contributed by atoms with Crippen molar-refractivity contribution in [3.63, 3.8) is 0 Å². The molecule has 0 saturated carbocycles. The zero-order valence-corrected chi connectivity index (χ0v) is 13.8. The predicted octanol–water partition coefficient (Wildman–Crippen LogP) is 3.65. The third-order valence-corrected chi connectivity index (χ3v) is 3.69. The molecule has 24 heavy (non-hydrogen) atoms. The summed E-state index contributed by atoms with van der Waals surface area (Å²) in [5, 5.41) is 5.76. The first-order chi connectivity index (χ1) is 11.4. The van der Waals surface area contributed by atoms with E-state index in [4.69, 9.17) is 4.74 Å². The summed E-state index contributed by atoms with van der Waals surface area (Å²) >= 11 is 0. The smallest absolute Gasteiger partial charge is 0.241 e. The van der Waals surface area contributed by atoms with Crippen LogP contribution in [0.3, 0.4) is 0 Å². The zero-order valence-electron chi connectivity index (χ0n) is 13.8. The van der Waals surface area contributed by atoms with Crippen LogP contribution in [0.1, 0.15) is 25.5 Å². The maximum absolute atomic E-state index is 13.8. The number of hydrogen-bond donors (Lipinski definition) is 2. The van der Waals surface area contributed by atoms with Gasteiger partial charge in [-0.05, 0) is 32.0 Å². The number of benzene rings is 2. The lowest BCUT2D eigenvalue weighted by atomic mass is 10.1. The molecule has 2 N–H and O–H groups in total. The van der Waals surface area contributed by atoms with Gasteiger partial charge in [-0.3, -0.25) is 10.1 Å². The van der Waals surface area contributed by atoms with Gasteiger partial charge in [-0.25, -0.2) is 8.78 Å². The van der Waals surface area contributed by atoms with Gasteiger partial charge in [0, 0.05) is 17.7 Å². The molecule has 0 unspecified atom stereocenters. The second kappa shape index (κ2) is 7.88. The Bertz CT molecular complexity index is 722. The molecular formula is C18H20F2N2O2. The molecule has 0 radical (unpaired) electrons. The van der Waals surface area contributed by atoms with E-state index in [0.717, 1.165) is 6.07 Å². The van der Waals surface area contributed by atoms with Crippen molar-refractivity contribution >= 4 is 11.6 Å². The van der Waals surface area contributed by atoms with Crippen LogP contribution < -0.4 is 15.4 Å². The molecule has 6 heteroatoms. The van der Waals surface area contributed by atoms with Gasteiger partial charge >= 0.3 is 0 Å². The number of hydrogen-bond acceptors (Lipinski definition) is 3. The van der Waals surface area contributed by atoms with Gasteiger partial charge in [-0.1, -0.05) is 18.2 Å². The topological polar surface area (TPSA) is 50.4 Å². The fourth-order valence-corrected chi connectivity index (χ4v) is 2.38. The van der Waals surface area contributed by atoms with Crippen LogP contribution in [0.4, 0.5) is 14.5 Å². The van der Waals surface area contributed by atoms with E-state index in [1.54, 1.807) is 38.1 Å². The van der Waals surface area contributed by atoms with E-state index < -0.39 is 23.7 Å². The van der Waals surface area contributed by atoms with Gasteiger partial charge in [0.25, 0.3) is 0 Å². The number of amides is 1. The Morgan fingerprint density at radius 1 is 1.12 bits per heavy atom. The highest BCUT2D eigenvalue weighted by Gasteiger charge is 2.19. The van der Waals surface area contributed by atoms with Gasteiger partial charge in [-0.15, -0.1) is 0 Å². The highest BCUT2D eigenvalue weighted by Crippen LogP contribution is 2.23. The molecule has 2 rings (SSSR count). The Kier molecular flexibility index (Phi) is 5.87. The number of carbonyl (C=O) groups is 1. The van der Waals surface area contributed by atoms with Crippen LogP contribution in [0.15, 0.2) is 42.5 Å². The Morgan fingerprint density at radius 3 is 2.50 bits per heavy atom. The molecule has 0 fully saturated rings. The minimum absolute atomic E-state index is 0.283. The van der Waals surface area contributed by atoms with E-state index >= 15 is 0 Å². The van der Waals surface area contributed by atoms with Gasteiger partial charge in [0.2, 0.25) is 5.91 Å². The van der Waals surface area contributed by atoms with Crippen molar-refractivity contribution in [2.75, 3.05) is 12.4 Å². The summed E-state index contributed by atoms with van der Waals surface area (Å²) in [4.78, 5) is 12.3. The largest absolute Gasteiger partial charge is 0.495 e. The molecule has 2 aromatic carbocycles. The monoisotopic (exact) mass is 334 g/mol. The van der Waals surface area contributed by atoms with Crippen molar-refractivity contribution < 1.29 is 18.3 Å². The van der Waals surface area contributed by atoms with Crippen LogP contribution in [0.25, 0.3) is 0 Å². The summed E-state index contributed by atoms with van der Waals surface area (Å²) in [5.74, 6) is -1.01. The van der Waals surface area contributed by atoms with Crippen molar-refractivity contribution in [3.8, 4) is 5.75 Å². The fraction of sp³-hybridized carbons (Fsp3) is 0.278. The van der Waals surface area contributed by atoms with Crippen LogP contribution in [0, 0.1) is 11.6 Å². The number of rotatable bonds is 6. The summed E-state index contributed by atoms with van der Waals surface area (Å²) in [7, 11) is 1.52. The van der Waals surface area contributed by atoms with E-state index in [1.165, 1.54) is 19.2 Å². The average Bonchev–Trinajstić information content (AvgIpc) is 2.55. The lowest BCUT2D eigenvalue weighted by Gasteiger charge is -2.21. The second-order valence-electron chi connectivity index (χ2n) is 5.47. The van der Waals surface area contributed by atoms with E-state index in [-0.39, 0.29) is 5.91 Å². The van der Waals surface area contributed by atoms with Crippen molar-refractivity contribution in [2.45, 2.75) is 25.9 Å². The maximum atomic E-state index is 13.8. The number of ether oxygens (including phenoxy) is 1. The minimum atomic E-state index is -0.646. The van der Waals surface area contributed by atoms with E-state index in [9.17, 15) is 13.6 Å². The summed E-state index contributed by atoms with van der Waals surface area (Å²) in [6.07, 6.45) is 0. The molecule has 2 aromatic rings. The molecule has 0 aliphatic heterocycles. The summed E-state index contributed by atoms with van der Waals surface area (Å²) in [6.45, 7) is 3.38. The minimum Gasteiger partial charge on any atom is -0.495 e. The van der Waals surface area contributed by atoms with Crippen LogP contribution in [0.5, 0.6) is 5.75 Å². The first-order valence-corrected chi connectivity index (χ1v) is 7.57. The summed E-state index contributed by atoms with van der Waals surface area (Å²) in [6, 6.07) is 9.40. The highest BCUT2D eigenvalue weighted by atomic mass is 19.1. The Balaban J connectivity index is 2.03. The van der Waals surface area contributed by atoms with Gasteiger partial charge in [0.15, 0.2) is 0 Å². The van der Waals surface area contributed by atoms with Crippen LogP contribution >= 0.6 is 0 Å². The predicted molar refractivity (Wildman–Crippen MR) is 89.0 cm³/mol. The third kappa shape index (κ3) is 4.29. The molecule has 0 bridgehead atoms. The van der Waals surface area contributed by atoms with Crippen LogP contribution in [-0.2, 0) is 4.79 Å². The second-order valence-corrected chi connectivity index (χ2v) is 5.47. The normalized spacial score (nSPS) is 13.2. The maximum Gasteiger partial charge on any atom is 0.241 e. The van der Waals surface area contributed by atoms with Gasteiger partial charge in [0.1, 0.15) is 17.4 Å². The SMILES string of the molecule is COc1ccccc1NC(=O)[C@H](C)N[C@@H](C)c1ccc(F)cc1F. The van der Waals surface area contributed by atoms with Crippen molar-refractivity contribution in [2.24, 2.45) is 0 Å². The number of anilines is 1. The molecule has 0 saturated heterocycles. The molecule has 0 spiro atoms. The van der Waals surface area contributed by atoms with Crippen LogP contribution in [0.2, 0.25) is 0 Å². The Morgan fingerprint density at radius 2 is 1.83 bits per heavy atom. The average molecular weight is 334 g/mol. The summed E-state index contributed by atoms with van der Waals surface area (Å²) < 4.78 is 32.0. The number of carbonyl (C=O) groups excluding carboxylic acids is 1. The van der Waals surface area contributed by atoms with Crippen LogP contribution in [-0.4, -0.2) is 19.1 Å². The quantitative estimate of drug-likeness (QED) is 0.848. The van der Waals surface area contributed by atoms with Crippen molar-refractivity contribution in [3.05, 3.63) is 59.7 Å². The lowest BCUT2D eigenvalue weighted by Crippen LogP contribution is -2.39. The molecule has 1 amide bonds. The fourth-order valence-electron chi connectivity index (χ4n) is 2.38. The molecule has 0 heterocycles. The summed E-state index contributed by atoms with van der Waals surface area (Å²) in [5.41, 5.74) is 0.854. The van der Waals surface area contributed by atoms with Gasteiger partial charge < -0.3 is 10.1 Å². The number of para-hydroxylation sites is 2. The standard InChI is InChI=1S/C18H20F2N2O2/c1-11(14-9-8-13(19)10-15(14)20)21-12(2)18(23)22-16-6-4-5-7-17(16)24-3/h4-12,21H,1-3H3,(H,22,23)/t11-,12-/m0/s1. The van der Waals surface area contributed by atoms with Crippen molar-refractivity contribution in [1.82, 2.24) is 5.32 Å². The Labute approximate surface area is 139 Å². The van der Waals surface area contributed by atoms with E-state index in [1.807, 2.05) is 0 Å². The van der Waals surface area contributed by atoms with Crippen molar-refractivity contribution in [1.29, 1.82) is 0 Å². The highest BCUT2D eigenvalue weighted by molar-refractivity contribution is 5.95. The molecule has 4 nitrogen and oxygen atoms in total. The first-order valence-electron chi connectivity index (χ1n) is 7.57. The molecule has 128 valence electrons. The lowest BCUT2D eigenvalue weighted by molar-refractivity contribution is -0.118. The number of halogens is 2. The Hall–Kier alpha value is -2.47. The van der Waals surface area contributed by atoms with E-state index in [0.29, 0.717) is 17.0 Å².